The summed E-state index contributed by atoms with van der Waals surface area (Å²) in [6, 6.07) is 17.5. The van der Waals surface area contributed by atoms with Crippen molar-refractivity contribution < 1.29 is 18.6 Å². The monoisotopic (exact) mass is 318 g/mol. The van der Waals surface area contributed by atoms with Gasteiger partial charge in [0.1, 0.15) is 23.5 Å². The van der Waals surface area contributed by atoms with E-state index in [1.807, 2.05) is 6.07 Å². The summed E-state index contributed by atoms with van der Waals surface area (Å²) >= 11 is 5.13. The summed E-state index contributed by atoms with van der Waals surface area (Å²) in [5.74, 6) is -1.37. The first kappa shape index (κ1) is 16.0. The lowest BCUT2D eigenvalue weighted by atomic mass is 9.96. The van der Waals surface area contributed by atoms with Crippen LogP contribution in [0.15, 0.2) is 60.7 Å². The van der Waals surface area contributed by atoms with Crippen LogP contribution in [-0.2, 0) is 9.08 Å². The van der Waals surface area contributed by atoms with Crippen molar-refractivity contribution in [3.63, 3.8) is 0 Å². The van der Waals surface area contributed by atoms with Crippen LogP contribution in [-0.4, -0.2) is 17.9 Å². The highest BCUT2D eigenvalue weighted by molar-refractivity contribution is 6.14. The van der Waals surface area contributed by atoms with Crippen molar-refractivity contribution in [2.45, 2.75) is 13.0 Å². The standard InChI is InChI=1S/C17H15ClO4/c1-12(17(20)22-18)16(21-14-10-6-3-7-11-14)15(19)13-8-4-2-5-9-13/h2-12,16H,1H3. The molecular weight excluding hydrogens is 304 g/mol. The third-order valence-corrected chi connectivity index (χ3v) is 3.38. The van der Waals surface area contributed by atoms with Crippen molar-refractivity contribution in [2.75, 3.05) is 0 Å². The molecule has 0 saturated heterocycles. The Kier molecular flexibility index (Phi) is 5.55. The molecule has 4 nitrogen and oxygen atoms in total. The quantitative estimate of drug-likeness (QED) is 0.763. The molecule has 0 aromatic heterocycles. The molecule has 0 spiro atoms. The Morgan fingerprint density at radius 3 is 2.05 bits per heavy atom. The molecule has 0 bridgehead atoms. The lowest BCUT2D eigenvalue weighted by Crippen LogP contribution is -2.38. The fraction of sp³-hybridized carbons (Fsp3) is 0.176. The first-order chi connectivity index (χ1) is 10.6. The normalized spacial score (nSPS) is 13.0. The van der Waals surface area contributed by atoms with Gasteiger partial charge in [-0.05, 0) is 19.1 Å². The topological polar surface area (TPSA) is 52.6 Å². The highest BCUT2D eigenvalue weighted by Crippen LogP contribution is 2.20. The number of rotatable bonds is 6. The lowest BCUT2D eigenvalue weighted by Gasteiger charge is -2.22. The first-order valence-corrected chi connectivity index (χ1v) is 7.07. The highest BCUT2D eigenvalue weighted by atomic mass is 35.5. The second kappa shape index (κ2) is 7.61. The molecule has 114 valence electrons. The third-order valence-electron chi connectivity index (χ3n) is 3.22. The van der Waals surface area contributed by atoms with Crippen LogP contribution in [0.2, 0.25) is 0 Å². The van der Waals surface area contributed by atoms with E-state index in [9.17, 15) is 9.59 Å². The number of hydrogen-bond donors (Lipinski definition) is 0. The van der Waals surface area contributed by atoms with Crippen molar-refractivity contribution in [1.29, 1.82) is 0 Å². The minimum atomic E-state index is -1.02. The van der Waals surface area contributed by atoms with E-state index in [1.165, 1.54) is 0 Å². The molecule has 0 amide bonds. The van der Waals surface area contributed by atoms with E-state index in [-0.39, 0.29) is 5.78 Å². The Hall–Kier alpha value is -2.33. The Labute approximate surface area is 133 Å². The Morgan fingerprint density at radius 2 is 1.50 bits per heavy atom. The number of Topliss-reactive ketones (excluding diaryl/α,β-unsaturated/α-hetero) is 1. The Morgan fingerprint density at radius 1 is 0.955 bits per heavy atom. The second-order valence-electron chi connectivity index (χ2n) is 4.77. The molecule has 0 fully saturated rings. The number of para-hydroxylation sites is 1. The molecule has 2 aromatic carbocycles. The van der Waals surface area contributed by atoms with E-state index in [0.29, 0.717) is 11.3 Å². The number of ether oxygens (including phenoxy) is 1. The smallest absolute Gasteiger partial charge is 0.331 e. The molecule has 0 radical (unpaired) electrons. The van der Waals surface area contributed by atoms with Gasteiger partial charge in [0.05, 0.1) is 0 Å². The maximum atomic E-state index is 12.6. The average Bonchev–Trinajstić information content (AvgIpc) is 2.59. The second-order valence-corrected chi connectivity index (χ2v) is 4.92. The molecule has 0 N–H and O–H groups in total. The molecule has 0 aliphatic rings. The minimum absolute atomic E-state index is 0.306. The molecule has 0 heterocycles. The maximum absolute atomic E-state index is 12.6. The van der Waals surface area contributed by atoms with E-state index < -0.39 is 18.0 Å². The highest BCUT2D eigenvalue weighted by Gasteiger charge is 2.34. The Balaban J connectivity index is 2.29. The fourth-order valence-corrected chi connectivity index (χ4v) is 2.13. The number of carbonyl (C=O) groups excluding carboxylic acids is 2. The number of halogens is 1. The molecule has 2 aromatic rings. The van der Waals surface area contributed by atoms with E-state index in [4.69, 9.17) is 16.6 Å². The molecular formula is C17H15ClO4. The summed E-state index contributed by atoms with van der Waals surface area (Å²) in [4.78, 5) is 24.3. The number of ketones is 1. The first-order valence-electron chi connectivity index (χ1n) is 6.77. The van der Waals surface area contributed by atoms with E-state index in [0.717, 1.165) is 0 Å². The summed E-state index contributed by atoms with van der Waals surface area (Å²) in [7, 11) is 0. The van der Waals surface area contributed by atoms with Gasteiger partial charge in [0.25, 0.3) is 0 Å². The Bertz CT molecular complexity index is 628. The van der Waals surface area contributed by atoms with Crippen LogP contribution in [0.5, 0.6) is 5.75 Å². The SMILES string of the molecule is CC(C(=O)OCl)C(Oc1ccccc1)C(=O)c1ccccc1. The van der Waals surface area contributed by atoms with Gasteiger partial charge >= 0.3 is 5.97 Å². The van der Waals surface area contributed by atoms with E-state index in [1.54, 1.807) is 61.5 Å². The van der Waals surface area contributed by atoms with Crippen LogP contribution < -0.4 is 4.74 Å². The predicted octanol–water partition coefficient (Wildman–Crippen LogP) is 3.65. The zero-order chi connectivity index (χ0) is 15.9. The van der Waals surface area contributed by atoms with Crippen LogP contribution in [0.1, 0.15) is 17.3 Å². The molecule has 2 unspecified atom stereocenters. The van der Waals surface area contributed by atoms with Gasteiger partial charge in [0.15, 0.2) is 6.10 Å². The minimum Gasteiger partial charge on any atom is -0.481 e. The van der Waals surface area contributed by atoms with Crippen LogP contribution in [0.25, 0.3) is 0 Å². The summed E-state index contributed by atoms with van der Waals surface area (Å²) < 4.78 is 9.92. The predicted molar refractivity (Wildman–Crippen MR) is 82.7 cm³/mol. The molecule has 2 rings (SSSR count). The van der Waals surface area contributed by atoms with Gasteiger partial charge in [0, 0.05) is 5.56 Å². The number of carbonyl (C=O) groups is 2. The van der Waals surface area contributed by atoms with Gasteiger partial charge in [-0.1, -0.05) is 48.5 Å². The number of benzene rings is 2. The molecule has 5 heteroatoms. The molecule has 22 heavy (non-hydrogen) atoms. The van der Waals surface area contributed by atoms with Gasteiger partial charge in [-0.15, -0.1) is 0 Å². The zero-order valence-electron chi connectivity index (χ0n) is 11.9. The van der Waals surface area contributed by atoms with Crippen LogP contribution in [0.4, 0.5) is 0 Å². The summed E-state index contributed by atoms with van der Waals surface area (Å²) in [6.45, 7) is 1.54. The van der Waals surface area contributed by atoms with E-state index in [2.05, 4.69) is 4.29 Å². The number of hydrogen-bond acceptors (Lipinski definition) is 4. The lowest BCUT2D eigenvalue weighted by molar-refractivity contribution is -0.140. The van der Waals surface area contributed by atoms with Crippen molar-refractivity contribution in [3.8, 4) is 5.75 Å². The zero-order valence-corrected chi connectivity index (χ0v) is 12.7. The van der Waals surface area contributed by atoms with Crippen molar-refractivity contribution in [3.05, 3.63) is 66.2 Å². The maximum Gasteiger partial charge on any atom is 0.331 e. The van der Waals surface area contributed by atoms with Crippen molar-refractivity contribution in [1.82, 2.24) is 0 Å². The van der Waals surface area contributed by atoms with Crippen LogP contribution >= 0.6 is 11.9 Å². The van der Waals surface area contributed by atoms with Gasteiger partial charge in [0.2, 0.25) is 5.78 Å². The van der Waals surface area contributed by atoms with Gasteiger partial charge < -0.3 is 9.03 Å². The van der Waals surface area contributed by atoms with Gasteiger partial charge in [-0.25, -0.2) is 0 Å². The molecule has 0 aliphatic carbocycles. The average molecular weight is 319 g/mol. The molecule has 0 aliphatic heterocycles. The largest absolute Gasteiger partial charge is 0.481 e. The summed E-state index contributed by atoms with van der Waals surface area (Å²) in [6.07, 6.45) is -1.02. The summed E-state index contributed by atoms with van der Waals surface area (Å²) in [5, 5.41) is 0. The van der Waals surface area contributed by atoms with Gasteiger partial charge in [-0.2, -0.15) is 0 Å². The van der Waals surface area contributed by atoms with Crippen LogP contribution in [0, 0.1) is 5.92 Å². The summed E-state index contributed by atoms with van der Waals surface area (Å²) in [5.41, 5.74) is 0.456. The van der Waals surface area contributed by atoms with E-state index >= 15 is 0 Å². The fourth-order valence-electron chi connectivity index (χ4n) is 1.99. The third kappa shape index (κ3) is 3.86. The molecule has 0 saturated carbocycles. The van der Waals surface area contributed by atoms with Crippen molar-refractivity contribution >= 4 is 23.6 Å². The van der Waals surface area contributed by atoms with Crippen LogP contribution in [0.3, 0.4) is 0 Å². The van der Waals surface area contributed by atoms with Crippen molar-refractivity contribution in [2.24, 2.45) is 5.92 Å². The van der Waals surface area contributed by atoms with Gasteiger partial charge in [-0.3, -0.25) is 9.59 Å². The molecule has 2 atom stereocenters.